The Morgan fingerprint density at radius 1 is 1.07 bits per heavy atom. The molecule has 0 fully saturated rings. The molecule has 0 atom stereocenters. The highest BCUT2D eigenvalue weighted by molar-refractivity contribution is 5.28. The van der Waals surface area contributed by atoms with Crippen molar-refractivity contribution in [2.45, 2.75) is 46.0 Å². The van der Waals surface area contributed by atoms with Crippen LogP contribution in [0, 0.1) is 0 Å². The van der Waals surface area contributed by atoms with Crippen LogP contribution in [0.2, 0.25) is 0 Å². The van der Waals surface area contributed by atoms with Gasteiger partial charge in [-0.2, -0.15) is 0 Å². The minimum atomic E-state index is -0.0876. The van der Waals surface area contributed by atoms with Crippen LogP contribution in [0.25, 0.3) is 0 Å². The van der Waals surface area contributed by atoms with Crippen LogP contribution < -0.4 is 5.56 Å². The quantitative estimate of drug-likeness (QED) is 0.697. The topological polar surface area (TPSA) is 26.9 Å². The molecule has 0 unspecified atom stereocenters. The van der Waals surface area contributed by atoms with E-state index in [4.69, 9.17) is 0 Å². The normalized spacial score (nSPS) is 12.5. The van der Waals surface area contributed by atoms with Gasteiger partial charge in [0.2, 0.25) is 0 Å². The highest BCUT2D eigenvalue weighted by Gasteiger charge is 2.27. The molecule has 0 amide bonds. The molecular formula is C12H22N2O. The van der Waals surface area contributed by atoms with Crippen LogP contribution in [0.3, 0.4) is 0 Å². The number of nitrogens with zero attached hydrogens (tertiary/aromatic N) is 2. The fourth-order valence-electron chi connectivity index (χ4n) is 2.10. The summed E-state index contributed by atoms with van der Waals surface area (Å²) >= 11 is 0. The predicted octanol–water partition coefficient (Wildman–Crippen LogP) is 2.14. The van der Waals surface area contributed by atoms with E-state index in [1.165, 1.54) is 0 Å². The molecule has 1 heterocycles. The van der Waals surface area contributed by atoms with Crippen LogP contribution in [-0.4, -0.2) is 9.36 Å². The number of aromatic nitrogens is 2. The highest BCUT2D eigenvalue weighted by Crippen LogP contribution is 2.27. The molecule has 0 bridgehead atoms. The van der Waals surface area contributed by atoms with E-state index in [9.17, 15) is 4.79 Å². The summed E-state index contributed by atoms with van der Waals surface area (Å²) in [4.78, 5) is 12.1. The molecule has 3 nitrogen and oxygen atoms in total. The zero-order chi connectivity index (χ0) is 12.0. The Kier molecular flexibility index (Phi) is 2.85. The highest BCUT2D eigenvalue weighted by atomic mass is 16.1. The third-order valence-electron chi connectivity index (χ3n) is 2.86. The first kappa shape index (κ1) is 12.1. The summed E-state index contributed by atoms with van der Waals surface area (Å²) in [5.74, 6) is 0.373. The average molecular weight is 210 g/mol. The van der Waals surface area contributed by atoms with E-state index in [1.54, 1.807) is 4.68 Å². The molecule has 0 N–H and O–H groups in total. The zero-order valence-corrected chi connectivity index (χ0v) is 10.9. The summed E-state index contributed by atoms with van der Waals surface area (Å²) in [6.45, 7) is 10.5. The minimum absolute atomic E-state index is 0.0876. The molecule has 0 saturated heterocycles. The van der Waals surface area contributed by atoms with Crippen molar-refractivity contribution < 1.29 is 0 Å². The van der Waals surface area contributed by atoms with Crippen LogP contribution in [-0.2, 0) is 19.5 Å². The summed E-state index contributed by atoms with van der Waals surface area (Å²) in [6.07, 6.45) is 0. The molecule has 0 aliphatic rings. The van der Waals surface area contributed by atoms with Crippen LogP contribution in [0.15, 0.2) is 4.79 Å². The standard InChI is InChI=1S/C12H22N2O/c1-8(2)10-9(12(3,4)5)11(15)14(7)13(10)6/h8H,1-7H3. The van der Waals surface area contributed by atoms with Crippen LogP contribution >= 0.6 is 0 Å². The largest absolute Gasteiger partial charge is 0.289 e. The van der Waals surface area contributed by atoms with Crippen molar-refractivity contribution in [3.8, 4) is 0 Å². The van der Waals surface area contributed by atoms with Crippen molar-refractivity contribution in [3.05, 3.63) is 21.6 Å². The smallest absolute Gasteiger partial charge is 0.270 e. The SMILES string of the molecule is CC(C)c1c(C(C)(C)C)c(=O)n(C)n1C. The van der Waals surface area contributed by atoms with Gasteiger partial charge in [-0.05, 0) is 11.3 Å². The molecule has 1 aromatic heterocycles. The molecule has 0 aromatic carbocycles. The van der Waals surface area contributed by atoms with Gasteiger partial charge in [0.05, 0.1) is 0 Å². The maximum Gasteiger partial charge on any atom is 0.270 e. The van der Waals surface area contributed by atoms with Gasteiger partial charge in [0.25, 0.3) is 5.56 Å². The van der Waals surface area contributed by atoms with E-state index in [2.05, 4.69) is 34.6 Å². The summed E-state index contributed by atoms with van der Waals surface area (Å²) in [7, 11) is 3.77. The molecular weight excluding hydrogens is 188 g/mol. The Morgan fingerprint density at radius 2 is 1.53 bits per heavy atom. The van der Waals surface area contributed by atoms with Gasteiger partial charge in [-0.1, -0.05) is 34.6 Å². The Morgan fingerprint density at radius 3 is 1.80 bits per heavy atom. The maximum absolute atomic E-state index is 12.1. The summed E-state index contributed by atoms with van der Waals surface area (Å²) in [5, 5.41) is 0. The molecule has 0 aliphatic carbocycles. The van der Waals surface area contributed by atoms with Gasteiger partial charge >= 0.3 is 0 Å². The average Bonchev–Trinajstić information content (AvgIpc) is 2.28. The zero-order valence-electron chi connectivity index (χ0n) is 10.9. The summed E-state index contributed by atoms with van der Waals surface area (Å²) < 4.78 is 3.66. The lowest BCUT2D eigenvalue weighted by Gasteiger charge is -2.20. The molecule has 1 rings (SSSR count). The van der Waals surface area contributed by atoms with Crippen molar-refractivity contribution in [2.24, 2.45) is 14.1 Å². The third-order valence-corrected chi connectivity index (χ3v) is 2.86. The fraction of sp³-hybridized carbons (Fsp3) is 0.750. The number of hydrogen-bond donors (Lipinski definition) is 0. The second kappa shape index (κ2) is 3.54. The van der Waals surface area contributed by atoms with E-state index in [1.807, 2.05) is 18.8 Å². The van der Waals surface area contributed by atoms with E-state index in [0.717, 1.165) is 11.3 Å². The van der Waals surface area contributed by atoms with Crippen LogP contribution in [0.1, 0.15) is 51.8 Å². The van der Waals surface area contributed by atoms with Crippen molar-refractivity contribution in [1.82, 2.24) is 9.36 Å². The van der Waals surface area contributed by atoms with Gasteiger partial charge in [0.15, 0.2) is 0 Å². The van der Waals surface area contributed by atoms with E-state index < -0.39 is 0 Å². The van der Waals surface area contributed by atoms with Crippen molar-refractivity contribution in [2.75, 3.05) is 0 Å². The summed E-state index contributed by atoms with van der Waals surface area (Å²) in [6, 6.07) is 0. The van der Waals surface area contributed by atoms with Gasteiger partial charge in [0.1, 0.15) is 0 Å². The number of hydrogen-bond acceptors (Lipinski definition) is 1. The second-order valence-electron chi connectivity index (χ2n) is 5.52. The first-order valence-corrected chi connectivity index (χ1v) is 5.44. The lowest BCUT2D eigenvalue weighted by atomic mass is 9.84. The molecule has 15 heavy (non-hydrogen) atoms. The Hall–Kier alpha value is -0.990. The molecule has 0 radical (unpaired) electrons. The van der Waals surface area contributed by atoms with Gasteiger partial charge in [-0.3, -0.25) is 14.2 Å². The van der Waals surface area contributed by atoms with Gasteiger partial charge < -0.3 is 0 Å². The van der Waals surface area contributed by atoms with E-state index in [0.29, 0.717) is 5.92 Å². The molecule has 0 spiro atoms. The third kappa shape index (κ3) is 1.87. The molecule has 0 saturated carbocycles. The van der Waals surface area contributed by atoms with Gasteiger partial charge in [-0.15, -0.1) is 0 Å². The Balaban J connectivity index is 3.64. The predicted molar refractivity (Wildman–Crippen MR) is 63.4 cm³/mol. The van der Waals surface area contributed by atoms with Crippen molar-refractivity contribution >= 4 is 0 Å². The van der Waals surface area contributed by atoms with Crippen LogP contribution in [0.4, 0.5) is 0 Å². The van der Waals surface area contributed by atoms with Gasteiger partial charge in [-0.25, -0.2) is 0 Å². The van der Waals surface area contributed by atoms with Crippen LogP contribution in [0.5, 0.6) is 0 Å². The molecule has 3 heteroatoms. The number of rotatable bonds is 1. The fourth-order valence-corrected chi connectivity index (χ4v) is 2.10. The first-order chi connectivity index (χ1) is 6.68. The molecule has 1 aromatic rings. The lowest BCUT2D eigenvalue weighted by Crippen LogP contribution is -2.25. The monoisotopic (exact) mass is 210 g/mol. The Bertz CT molecular complexity index is 416. The first-order valence-electron chi connectivity index (χ1n) is 5.44. The lowest BCUT2D eigenvalue weighted by molar-refractivity contribution is 0.539. The second-order valence-corrected chi connectivity index (χ2v) is 5.52. The molecule has 86 valence electrons. The Labute approximate surface area is 91.7 Å². The van der Waals surface area contributed by atoms with E-state index in [-0.39, 0.29) is 11.0 Å². The molecule has 0 aliphatic heterocycles. The van der Waals surface area contributed by atoms with E-state index >= 15 is 0 Å². The van der Waals surface area contributed by atoms with Gasteiger partial charge in [0, 0.05) is 25.4 Å². The van der Waals surface area contributed by atoms with Crippen molar-refractivity contribution in [1.29, 1.82) is 0 Å². The van der Waals surface area contributed by atoms with Crippen molar-refractivity contribution in [3.63, 3.8) is 0 Å². The summed E-state index contributed by atoms with van der Waals surface area (Å²) in [5.41, 5.74) is 2.14. The minimum Gasteiger partial charge on any atom is -0.289 e. The maximum atomic E-state index is 12.1.